The Balaban J connectivity index is 1.02. The van der Waals surface area contributed by atoms with Gasteiger partial charge in [0, 0.05) is 46.9 Å². The van der Waals surface area contributed by atoms with Crippen molar-refractivity contribution in [3.05, 3.63) is 237 Å². The van der Waals surface area contributed by atoms with E-state index in [0.717, 1.165) is 83.1 Å². The summed E-state index contributed by atoms with van der Waals surface area (Å²) in [7, 11) is 0. The first-order valence-corrected chi connectivity index (χ1v) is 22.1. The largest absolute Gasteiger partial charge is 0.265 e. The lowest BCUT2D eigenvalue weighted by Crippen LogP contribution is -2.01. The van der Waals surface area contributed by atoms with Crippen molar-refractivity contribution in [1.82, 2.24) is 24.9 Å². The van der Waals surface area contributed by atoms with Gasteiger partial charge in [0.1, 0.15) is 0 Å². The van der Waals surface area contributed by atoms with Gasteiger partial charge < -0.3 is 0 Å². The van der Waals surface area contributed by atoms with Crippen molar-refractivity contribution in [2.24, 2.45) is 0 Å². The molecule has 0 fully saturated rings. The highest BCUT2D eigenvalue weighted by atomic mass is 15.0. The van der Waals surface area contributed by atoms with E-state index < -0.39 is 0 Å². The summed E-state index contributed by atoms with van der Waals surface area (Å²) in [6.45, 7) is 0. The lowest BCUT2D eigenvalue weighted by Gasteiger charge is -2.14. The van der Waals surface area contributed by atoms with Gasteiger partial charge in [0.2, 0.25) is 0 Å². The summed E-state index contributed by atoms with van der Waals surface area (Å²) in [5, 5.41) is 7.15. The number of hydrogen-bond acceptors (Lipinski definition) is 5. The Morgan fingerprint density at radius 1 is 0.227 bits per heavy atom. The summed E-state index contributed by atoms with van der Waals surface area (Å²) in [6.07, 6.45) is 7.43. The van der Waals surface area contributed by atoms with Crippen LogP contribution in [0.4, 0.5) is 0 Å². The molecule has 0 atom stereocenters. The van der Waals surface area contributed by atoms with Crippen molar-refractivity contribution in [2.45, 2.75) is 0 Å². The molecule has 0 saturated carbocycles. The number of fused-ring (bicyclic) bond motifs is 4. The second kappa shape index (κ2) is 16.6. The summed E-state index contributed by atoms with van der Waals surface area (Å²) >= 11 is 0. The van der Waals surface area contributed by atoms with Crippen LogP contribution in [0.2, 0.25) is 0 Å². The molecule has 12 rings (SSSR count). The quantitative estimate of drug-likeness (QED) is 0.143. The Kier molecular flexibility index (Phi) is 9.77. The highest BCUT2D eigenvalue weighted by Gasteiger charge is 2.17. The number of pyridine rings is 2. The van der Waals surface area contributed by atoms with Crippen LogP contribution in [0.5, 0.6) is 0 Å². The molecule has 0 aliphatic carbocycles. The lowest BCUT2D eigenvalue weighted by molar-refractivity contribution is 1.07. The average Bonchev–Trinajstić information content (AvgIpc) is 3.41. The van der Waals surface area contributed by atoms with Gasteiger partial charge in [0.25, 0.3) is 0 Å². The third-order valence-electron chi connectivity index (χ3n) is 12.5. The Morgan fingerprint density at radius 2 is 0.697 bits per heavy atom. The van der Waals surface area contributed by atoms with Gasteiger partial charge in [-0.25, -0.2) is 15.0 Å². The van der Waals surface area contributed by atoms with Gasteiger partial charge in [-0.1, -0.05) is 170 Å². The Morgan fingerprint density at radius 3 is 1.41 bits per heavy atom. The minimum absolute atomic E-state index is 0.592. The van der Waals surface area contributed by atoms with Crippen LogP contribution in [0.1, 0.15) is 0 Å². The molecule has 0 radical (unpaired) electrons. The van der Waals surface area contributed by atoms with E-state index in [2.05, 4.69) is 198 Å². The van der Waals surface area contributed by atoms with Crippen LogP contribution in [-0.2, 0) is 0 Å². The van der Waals surface area contributed by atoms with E-state index in [0.29, 0.717) is 17.5 Å². The summed E-state index contributed by atoms with van der Waals surface area (Å²) in [5.41, 5.74) is 13.8. The zero-order chi connectivity index (χ0) is 43.8. The van der Waals surface area contributed by atoms with Crippen LogP contribution in [0.25, 0.3) is 122 Å². The lowest BCUT2D eigenvalue weighted by atomic mass is 9.93. The monoisotopic (exact) mass is 841 g/mol. The van der Waals surface area contributed by atoms with E-state index in [1.165, 1.54) is 21.5 Å². The van der Waals surface area contributed by atoms with Crippen molar-refractivity contribution in [3.63, 3.8) is 0 Å². The fourth-order valence-corrected chi connectivity index (χ4v) is 9.05. The highest BCUT2D eigenvalue weighted by Crippen LogP contribution is 2.37. The molecule has 3 heterocycles. The number of hydrogen-bond donors (Lipinski definition) is 0. The van der Waals surface area contributed by atoms with Gasteiger partial charge in [-0.2, -0.15) is 0 Å². The van der Waals surface area contributed by atoms with E-state index in [4.69, 9.17) is 15.0 Å². The summed E-state index contributed by atoms with van der Waals surface area (Å²) in [5.74, 6) is 1.79. The van der Waals surface area contributed by atoms with Gasteiger partial charge in [-0.05, 0) is 125 Å². The summed E-state index contributed by atoms with van der Waals surface area (Å²) in [4.78, 5) is 24.4. The van der Waals surface area contributed by atoms with Gasteiger partial charge in [-0.3, -0.25) is 9.97 Å². The van der Waals surface area contributed by atoms with Crippen molar-refractivity contribution >= 4 is 32.3 Å². The zero-order valence-corrected chi connectivity index (χ0v) is 35.8. The summed E-state index contributed by atoms with van der Waals surface area (Å²) in [6, 6.07) is 75.1. The minimum atomic E-state index is 0.592. The molecule has 5 nitrogen and oxygen atoms in total. The second-order valence-corrected chi connectivity index (χ2v) is 16.6. The molecule has 0 unspecified atom stereocenters. The van der Waals surface area contributed by atoms with Gasteiger partial charge in [-0.15, -0.1) is 0 Å². The molecule has 0 saturated heterocycles. The molecule has 308 valence electrons. The number of nitrogens with zero attached hydrogens (tertiary/aromatic N) is 5. The van der Waals surface area contributed by atoms with Gasteiger partial charge in [0.15, 0.2) is 17.5 Å². The molecule has 5 heteroatoms. The third kappa shape index (κ3) is 7.44. The van der Waals surface area contributed by atoms with Crippen molar-refractivity contribution in [1.29, 1.82) is 0 Å². The van der Waals surface area contributed by atoms with Crippen LogP contribution in [0.15, 0.2) is 237 Å². The van der Waals surface area contributed by atoms with Crippen LogP contribution in [-0.4, -0.2) is 24.9 Å². The van der Waals surface area contributed by atoms with Crippen LogP contribution < -0.4 is 0 Å². The Bertz CT molecular complexity index is 3710. The maximum absolute atomic E-state index is 5.29. The standard InChI is InChI=1S/C61H39N5/c1-2-7-40(8-3-1)41-17-22-48(23-18-41)59-64-60(49-24-19-47(20-25-49)56-12-6-10-46-31-34-63-39-58(46)56)66-61(65-59)54-37-52(43-15-13-42(14-16-43)44-29-32-62-33-30-44)36-53(38-54)50-27-28-57-51(35-50)26-21-45-9-4-5-11-55(45)57/h1-39H. The van der Waals surface area contributed by atoms with Crippen molar-refractivity contribution in [3.8, 4) is 89.8 Å². The maximum Gasteiger partial charge on any atom is 0.164 e. The zero-order valence-electron chi connectivity index (χ0n) is 35.8. The SMILES string of the molecule is c1ccc(-c2ccc(-c3nc(-c4ccc(-c5cccc6ccncc56)cc4)nc(-c4cc(-c5ccc(-c6ccncc6)cc5)cc(-c5ccc6c(ccc7ccccc76)c5)c4)n3)cc2)cc1. The van der Waals surface area contributed by atoms with E-state index in [-0.39, 0.29) is 0 Å². The van der Waals surface area contributed by atoms with E-state index in [9.17, 15) is 0 Å². The molecule has 12 aromatic rings. The smallest absolute Gasteiger partial charge is 0.164 e. The molecule has 0 aliphatic heterocycles. The molecule has 3 aromatic heterocycles. The first kappa shape index (κ1) is 38.7. The first-order valence-electron chi connectivity index (χ1n) is 22.1. The predicted octanol–water partition coefficient (Wildman–Crippen LogP) is 15.5. The van der Waals surface area contributed by atoms with E-state index >= 15 is 0 Å². The number of aromatic nitrogens is 5. The topological polar surface area (TPSA) is 64.5 Å². The van der Waals surface area contributed by atoms with Gasteiger partial charge in [0.05, 0.1) is 0 Å². The van der Waals surface area contributed by atoms with Crippen molar-refractivity contribution in [2.75, 3.05) is 0 Å². The fraction of sp³-hybridized carbons (Fsp3) is 0. The molecule has 0 N–H and O–H groups in total. The van der Waals surface area contributed by atoms with E-state index in [1.54, 1.807) is 0 Å². The Hall–Kier alpha value is -8.93. The minimum Gasteiger partial charge on any atom is -0.265 e. The predicted molar refractivity (Wildman–Crippen MR) is 271 cm³/mol. The molecule has 9 aromatic carbocycles. The third-order valence-corrected chi connectivity index (χ3v) is 12.5. The molecular weight excluding hydrogens is 803 g/mol. The average molecular weight is 842 g/mol. The Labute approximate surface area is 382 Å². The summed E-state index contributed by atoms with van der Waals surface area (Å²) < 4.78 is 0. The number of benzene rings is 9. The van der Waals surface area contributed by atoms with Crippen LogP contribution >= 0.6 is 0 Å². The van der Waals surface area contributed by atoms with Gasteiger partial charge >= 0.3 is 0 Å². The van der Waals surface area contributed by atoms with E-state index in [1.807, 2.05) is 49.1 Å². The second-order valence-electron chi connectivity index (χ2n) is 16.6. The van der Waals surface area contributed by atoms with Crippen LogP contribution in [0, 0.1) is 0 Å². The number of rotatable bonds is 8. The van der Waals surface area contributed by atoms with Crippen molar-refractivity contribution < 1.29 is 0 Å². The maximum atomic E-state index is 5.29. The molecule has 0 amide bonds. The molecular formula is C61H39N5. The normalized spacial score (nSPS) is 11.3. The molecule has 0 bridgehead atoms. The first-order chi connectivity index (χ1) is 32.7. The highest BCUT2D eigenvalue weighted by molar-refractivity contribution is 6.08. The van der Waals surface area contributed by atoms with Crippen LogP contribution in [0.3, 0.4) is 0 Å². The molecule has 0 aliphatic rings. The fourth-order valence-electron chi connectivity index (χ4n) is 9.05. The molecule has 66 heavy (non-hydrogen) atoms. The molecule has 0 spiro atoms.